The third kappa shape index (κ3) is 3.09. The number of aliphatic hydroxyl groups is 4. The zero-order chi connectivity index (χ0) is 12.5. The van der Waals surface area contributed by atoms with Crippen LogP contribution in [0, 0.1) is 0 Å². The van der Waals surface area contributed by atoms with Gasteiger partial charge >= 0.3 is 10.4 Å². The van der Waals surface area contributed by atoms with E-state index in [0.29, 0.717) is 0 Å². The van der Waals surface area contributed by atoms with Crippen molar-refractivity contribution in [2.75, 3.05) is 6.61 Å². The third-order valence-electron chi connectivity index (χ3n) is 2.08. The predicted octanol–water partition coefficient (Wildman–Crippen LogP) is -3.39. The van der Waals surface area contributed by atoms with Crippen LogP contribution in [-0.2, 0) is 19.3 Å². The van der Waals surface area contributed by atoms with Gasteiger partial charge in [-0.25, -0.2) is 4.18 Å². The number of ether oxygens (including phenoxy) is 1. The molecule has 0 spiro atoms. The van der Waals surface area contributed by atoms with Crippen LogP contribution in [0.3, 0.4) is 0 Å². The van der Waals surface area contributed by atoms with Crippen LogP contribution in [0.1, 0.15) is 0 Å². The Morgan fingerprint density at radius 2 is 1.75 bits per heavy atom. The predicted molar refractivity (Wildman–Crippen MR) is 46.4 cm³/mol. The molecule has 5 atom stereocenters. The molecule has 1 rings (SSSR count). The molecule has 0 bridgehead atoms. The molecule has 0 saturated carbocycles. The van der Waals surface area contributed by atoms with Gasteiger partial charge in [-0.2, -0.15) is 8.42 Å². The lowest BCUT2D eigenvalue weighted by molar-refractivity contribution is -0.280. The summed E-state index contributed by atoms with van der Waals surface area (Å²) in [5.41, 5.74) is 0. The Morgan fingerprint density at radius 3 is 2.19 bits per heavy atom. The number of aliphatic hydroxyl groups excluding tert-OH is 4. The monoisotopic (exact) mass is 260 g/mol. The van der Waals surface area contributed by atoms with Crippen LogP contribution < -0.4 is 0 Å². The van der Waals surface area contributed by atoms with Gasteiger partial charge in [-0.05, 0) is 0 Å². The van der Waals surface area contributed by atoms with E-state index in [1.807, 2.05) is 0 Å². The lowest BCUT2D eigenvalue weighted by atomic mass is 9.99. The van der Waals surface area contributed by atoms with E-state index in [4.69, 9.17) is 9.66 Å². The minimum atomic E-state index is -4.91. The van der Waals surface area contributed by atoms with Crippen molar-refractivity contribution < 1.29 is 42.3 Å². The van der Waals surface area contributed by atoms with Crippen molar-refractivity contribution in [3.8, 4) is 0 Å². The summed E-state index contributed by atoms with van der Waals surface area (Å²) in [6.45, 7) is -0.687. The highest BCUT2D eigenvalue weighted by atomic mass is 32.3. The fourth-order valence-corrected chi connectivity index (χ4v) is 1.81. The highest BCUT2D eigenvalue weighted by molar-refractivity contribution is 7.80. The van der Waals surface area contributed by atoms with Gasteiger partial charge in [0.2, 0.25) is 0 Å². The van der Waals surface area contributed by atoms with E-state index < -0.39 is 47.7 Å². The summed E-state index contributed by atoms with van der Waals surface area (Å²) in [5.74, 6) is 0. The van der Waals surface area contributed by atoms with Crippen LogP contribution in [0.5, 0.6) is 0 Å². The summed E-state index contributed by atoms with van der Waals surface area (Å²) < 4.78 is 37.6. The minimum Gasteiger partial charge on any atom is -0.394 e. The summed E-state index contributed by atoms with van der Waals surface area (Å²) in [4.78, 5) is 0. The molecular weight excluding hydrogens is 248 g/mol. The second-order valence-electron chi connectivity index (χ2n) is 3.22. The first-order valence-corrected chi connectivity index (χ1v) is 5.59. The molecule has 1 aliphatic rings. The first-order valence-electron chi connectivity index (χ1n) is 4.22. The van der Waals surface area contributed by atoms with E-state index in [2.05, 4.69) is 8.92 Å². The smallest absolute Gasteiger partial charge is 0.394 e. The molecule has 0 aromatic carbocycles. The second-order valence-corrected chi connectivity index (χ2v) is 4.27. The van der Waals surface area contributed by atoms with Crippen LogP contribution >= 0.6 is 0 Å². The molecule has 0 aromatic heterocycles. The van der Waals surface area contributed by atoms with E-state index in [-0.39, 0.29) is 0 Å². The summed E-state index contributed by atoms with van der Waals surface area (Å²) in [6.07, 6.45) is -8.53. The van der Waals surface area contributed by atoms with Gasteiger partial charge in [0.15, 0.2) is 12.4 Å². The standard InChI is InChI=1S/C6H12O9S/c7-1-2-3(8)4(9)5(6(10)14-2)15-16(11,12)13/h2-10H,1H2,(H,11,12,13)/t2-,3-,4+,5-,6+/m1/s1. The molecule has 0 unspecified atom stereocenters. The van der Waals surface area contributed by atoms with Gasteiger partial charge in [0.05, 0.1) is 6.61 Å². The van der Waals surface area contributed by atoms with E-state index in [9.17, 15) is 23.7 Å². The Labute approximate surface area is 90.8 Å². The highest BCUT2D eigenvalue weighted by Gasteiger charge is 2.46. The van der Waals surface area contributed by atoms with Crippen molar-refractivity contribution in [2.24, 2.45) is 0 Å². The molecule has 1 saturated heterocycles. The largest absolute Gasteiger partial charge is 0.397 e. The van der Waals surface area contributed by atoms with Crippen LogP contribution in [0.2, 0.25) is 0 Å². The van der Waals surface area contributed by atoms with Gasteiger partial charge < -0.3 is 25.2 Å². The number of hydrogen-bond donors (Lipinski definition) is 5. The quantitative estimate of drug-likeness (QED) is 0.327. The molecule has 1 aliphatic heterocycles. The van der Waals surface area contributed by atoms with Gasteiger partial charge in [0.25, 0.3) is 0 Å². The normalized spacial score (nSPS) is 40.9. The molecule has 16 heavy (non-hydrogen) atoms. The Bertz CT molecular complexity index is 327. The fourth-order valence-electron chi connectivity index (χ4n) is 1.32. The van der Waals surface area contributed by atoms with E-state index in [1.165, 1.54) is 0 Å². The van der Waals surface area contributed by atoms with Gasteiger partial charge in [-0.1, -0.05) is 0 Å². The molecule has 5 N–H and O–H groups in total. The van der Waals surface area contributed by atoms with Crippen molar-refractivity contribution in [3.63, 3.8) is 0 Å². The summed E-state index contributed by atoms with van der Waals surface area (Å²) >= 11 is 0. The highest BCUT2D eigenvalue weighted by Crippen LogP contribution is 2.22. The molecule has 96 valence electrons. The minimum absolute atomic E-state index is 0.687. The van der Waals surface area contributed by atoms with Gasteiger partial charge in [0, 0.05) is 0 Å². The van der Waals surface area contributed by atoms with E-state index in [1.54, 1.807) is 0 Å². The first-order chi connectivity index (χ1) is 7.26. The van der Waals surface area contributed by atoms with Gasteiger partial charge in [0.1, 0.15) is 18.3 Å². The molecule has 0 amide bonds. The maximum atomic E-state index is 10.4. The molecule has 1 fully saturated rings. The summed E-state index contributed by atoms with van der Waals surface area (Å²) in [7, 11) is -4.91. The van der Waals surface area contributed by atoms with Crippen LogP contribution in [0.15, 0.2) is 0 Å². The molecule has 0 radical (unpaired) electrons. The van der Waals surface area contributed by atoms with Crippen molar-refractivity contribution in [1.29, 1.82) is 0 Å². The van der Waals surface area contributed by atoms with Crippen LogP contribution in [-0.4, -0.2) is 70.7 Å². The Hall–Kier alpha value is -0.330. The van der Waals surface area contributed by atoms with Crippen molar-refractivity contribution in [2.45, 2.75) is 30.7 Å². The van der Waals surface area contributed by atoms with Crippen molar-refractivity contribution in [1.82, 2.24) is 0 Å². The average molecular weight is 260 g/mol. The average Bonchev–Trinajstić information content (AvgIpc) is 2.17. The van der Waals surface area contributed by atoms with E-state index in [0.717, 1.165) is 0 Å². The maximum absolute atomic E-state index is 10.4. The molecule has 0 aliphatic carbocycles. The Morgan fingerprint density at radius 1 is 1.19 bits per heavy atom. The molecule has 9 nitrogen and oxygen atoms in total. The topological polar surface area (TPSA) is 154 Å². The molecule has 10 heteroatoms. The third-order valence-corrected chi connectivity index (χ3v) is 2.54. The van der Waals surface area contributed by atoms with Gasteiger partial charge in [-0.3, -0.25) is 4.55 Å². The first kappa shape index (κ1) is 13.7. The fraction of sp³-hybridized carbons (Fsp3) is 1.00. The number of hydrogen-bond acceptors (Lipinski definition) is 8. The summed E-state index contributed by atoms with van der Waals surface area (Å²) in [5, 5.41) is 36.6. The van der Waals surface area contributed by atoms with E-state index >= 15 is 0 Å². The maximum Gasteiger partial charge on any atom is 0.397 e. The number of rotatable bonds is 3. The van der Waals surface area contributed by atoms with Gasteiger partial charge in [-0.15, -0.1) is 0 Å². The molecule has 0 aromatic rings. The lowest BCUT2D eigenvalue weighted by Crippen LogP contribution is -2.59. The second kappa shape index (κ2) is 4.89. The van der Waals surface area contributed by atoms with Crippen molar-refractivity contribution in [3.05, 3.63) is 0 Å². The van der Waals surface area contributed by atoms with Crippen LogP contribution in [0.4, 0.5) is 0 Å². The molecule has 1 heterocycles. The lowest BCUT2D eigenvalue weighted by Gasteiger charge is -2.38. The Kier molecular flexibility index (Phi) is 4.20. The SMILES string of the molecule is O=S(=O)(O)O[C@@H]1[C@@H](O)[C@H](O)[C@@H](CO)O[C@@H]1O. The Balaban J connectivity index is 2.80. The zero-order valence-electron chi connectivity index (χ0n) is 7.87. The van der Waals surface area contributed by atoms with Crippen molar-refractivity contribution >= 4 is 10.4 Å². The summed E-state index contributed by atoms with van der Waals surface area (Å²) in [6, 6.07) is 0. The van der Waals surface area contributed by atoms with Crippen LogP contribution in [0.25, 0.3) is 0 Å². The zero-order valence-corrected chi connectivity index (χ0v) is 8.69. The molecular formula is C6H12O9S.